The molecule has 1 N–H and O–H groups in total. The van der Waals surface area contributed by atoms with Gasteiger partial charge in [-0.05, 0) is 56.4 Å². The standard InChI is InChI=1S/C20H28ClN3O3S/c21-18-6-8-19(9-7-18)28(26,27)24-14-12-23(13-15-24)16-20(25)22-11-10-17-4-2-1-3-5-17/h4,6-9H,1-3,5,10-16H2,(H,22,25). The van der Waals surface area contributed by atoms with Crippen LogP contribution in [0.3, 0.4) is 0 Å². The van der Waals surface area contributed by atoms with E-state index >= 15 is 0 Å². The van der Waals surface area contributed by atoms with Crippen molar-refractivity contribution in [3.63, 3.8) is 0 Å². The molecule has 0 radical (unpaired) electrons. The first-order valence-electron chi connectivity index (χ1n) is 9.88. The van der Waals surface area contributed by atoms with Crippen molar-refractivity contribution in [2.24, 2.45) is 0 Å². The van der Waals surface area contributed by atoms with E-state index < -0.39 is 10.0 Å². The van der Waals surface area contributed by atoms with E-state index in [2.05, 4.69) is 11.4 Å². The molecule has 1 saturated heterocycles. The molecule has 1 aromatic carbocycles. The van der Waals surface area contributed by atoms with Gasteiger partial charge in [-0.25, -0.2) is 8.42 Å². The van der Waals surface area contributed by atoms with Gasteiger partial charge in [0.25, 0.3) is 0 Å². The van der Waals surface area contributed by atoms with Crippen LogP contribution in [0.15, 0.2) is 40.8 Å². The molecular formula is C20H28ClN3O3S. The molecule has 1 aliphatic carbocycles. The molecular weight excluding hydrogens is 398 g/mol. The fourth-order valence-electron chi connectivity index (χ4n) is 3.64. The Morgan fingerprint density at radius 1 is 1.07 bits per heavy atom. The highest BCUT2D eigenvalue weighted by atomic mass is 35.5. The van der Waals surface area contributed by atoms with Crippen molar-refractivity contribution in [3.05, 3.63) is 40.9 Å². The Morgan fingerprint density at radius 3 is 2.43 bits per heavy atom. The normalized spacial score (nSPS) is 19.2. The zero-order chi connectivity index (χ0) is 20.0. The van der Waals surface area contributed by atoms with Crippen LogP contribution in [0.1, 0.15) is 32.1 Å². The monoisotopic (exact) mass is 425 g/mol. The Balaban J connectivity index is 1.41. The number of nitrogens with zero attached hydrogens (tertiary/aromatic N) is 2. The van der Waals surface area contributed by atoms with Crippen LogP contribution in [0.2, 0.25) is 5.02 Å². The van der Waals surface area contributed by atoms with Crippen LogP contribution in [0.4, 0.5) is 0 Å². The first-order valence-corrected chi connectivity index (χ1v) is 11.7. The number of hydrogen-bond donors (Lipinski definition) is 1. The summed E-state index contributed by atoms with van der Waals surface area (Å²) >= 11 is 5.84. The lowest BCUT2D eigenvalue weighted by molar-refractivity contribution is -0.122. The molecule has 0 unspecified atom stereocenters. The van der Waals surface area contributed by atoms with E-state index in [1.165, 1.54) is 34.9 Å². The number of nitrogens with one attached hydrogen (secondary N) is 1. The number of amides is 1. The quantitative estimate of drug-likeness (QED) is 0.682. The summed E-state index contributed by atoms with van der Waals surface area (Å²) in [5.74, 6) is 0.00502. The molecule has 2 aliphatic rings. The minimum Gasteiger partial charge on any atom is -0.355 e. The van der Waals surface area contributed by atoms with Gasteiger partial charge in [0.1, 0.15) is 0 Å². The molecule has 0 saturated carbocycles. The zero-order valence-electron chi connectivity index (χ0n) is 16.1. The lowest BCUT2D eigenvalue weighted by atomic mass is 9.97. The summed E-state index contributed by atoms with van der Waals surface area (Å²) in [6, 6.07) is 6.22. The Bertz CT molecular complexity index is 800. The Hall–Kier alpha value is -1.41. The first-order chi connectivity index (χ1) is 13.4. The molecule has 0 aromatic heterocycles. The molecule has 0 atom stereocenters. The molecule has 0 spiro atoms. The smallest absolute Gasteiger partial charge is 0.243 e. The number of halogens is 1. The zero-order valence-corrected chi connectivity index (χ0v) is 17.6. The molecule has 1 aliphatic heterocycles. The highest BCUT2D eigenvalue weighted by molar-refractivity contribution is 7.89. The summed E-state index contributed by atoms with van der Waals surface area (Å²) in [6.45, 7) is 2.84. The van der Waals surface area contributed by atoms with Crippen molar-refractivity contribution in [2.75, 3.05) is 39.3 Å². The van der Waals surface area contributed by atoms with Gasteiger partial charge in [0, 0.05) is 37.7 Å². The van der Waals surface area contributed by atoms with Gasteiger partial charge in [0.2, 0.25) is 15.9 Å². The van der Waals surface area contributed by atoms with Gasteiger partial charge in [-0.15, -0.1) is 0 Å². The lowest BCUT2D eigenvalue weighted by Crippen LogP contribution is -2.51. The first kappa shape index (κ1) is 21.3. The second-order valence-corrected chi connectivity index (χ2v) is 9.72. The van der Waals surface area contributed by atoms with Gasteiger partial charge in [0.15, 0.2) is 0 Å². The van der Waals surface area contributed by atoms with Crippen molar-refractivity contribution in [2.45, 2.75) is 37.0 Å². The molecule has 1 aromatic rings. The summed E-state index contributed by atoms with van der Waals surface area (Å²) in [6.07, 6.45) is 8.07. The third kappa shape index (κ3) is 5.80. The van der Waals surface area contributed by atoms with Crippen molar-refractivity contribution in [1.82, 2.24) is 14.5 Å². The van der Waals surface area contributed by atoms with Crippen LogP contribution < -0.4 is 5.32 Å². The number of piperazine rings is 1. The van der Waals surface area contributed by atoms with Crippen LogP contribution in [-0.4, -0.2) is 62.8 Å². The molecule has 154 valence electrons. The number of rotatable bonds is 7. The van der Waals surface area contributed by atoms with Crippen LogP contribution in [0, 0.1) is 0 Å². The molecule has 6 nitrogen and oxygen atoms in total. The topological polar surface area (TPSA) is 69.7 Å². The average Bonchev–Trinajstić information content (AvgIpc) is 2.69. The SMILES string of the molecule is O=C(CN1CCN(S(=O)(=O)c2ccc(Cl)cc2)CC1)NCCC1=CCCCC1. The van der Waals surface area contributed by atoms with Gasteiger partial charge in [-0.2, -0.15) is 4.31 Å². The van der Waals surface area contributed by atoms with Crippen LogP contribution in [0.25, 0.3) is 0 Å². The summed E-state index contributed by atoms with van der Waals surface area (Å²) in [7, 11) is -3.52. The average molecular weight is 426 g/mol. The van der Waals surface area contributed by atoms with Gasteiger partial charge in [-0.3, -0.25) is 9.69 Å². The predicted octanol–water partition coefficient (Wildman–Crippen LogP) is 2.65. The fraction of sp³-hybridized carbons (Fsp3) is 0.550. The Labute approximate surface area is 172 Å². The Kier molecular flexibility index (Phi) is 7.51. The largest absolute Gasteiger partial charge is 0.355 e. The molecule has 3 rings (SSSR count). The van der Waals surface area contributed by atoms with E-state index in [1.54, 1.807) is 12.1 Å². The van der Waals surface area contributed by atoms with Gasteiger partial charge in [-0.1, -0.05) is 23.3 Å². The lowest BCUT2D eigenvalue weighted by Gasteiger charge is -2.33. The summed E-state index contributed by atoms with van der Waals surface area (Å²) in [5, 5.41) is 3.49. The number of sulfonamides is 1. The van der Waals surface area contributed by atoms with E-state index in [1.807, 2.05) is 4.90 Å². The van der Waals surface area contributed by atoms with Crippen LogP contribution in [0.5, 0.6) is 0 Å². The van der Waals surface area contributed by atoms with Gasteiger partial charge < -0.3 is 5.32 Å². The third-order valence-corrected chi connectivity index (χ3v) is 7.47. The maximum Gasteiger partial charge on any atom is 0.243 e. The van der Waals surface area contributed by atoms with Crippen LogP contribution >= 0.6 is 11.6 Å². The van der Waals surface area contributed by atoms with E-state index in [9.17, 15) is 13.2 Å². The van der Waals surface area contributed by atoms with Gasteiger partial charge >= 0.3 is 0 Å². The van der Waals surface area contributed by atoms with Crippen molar-refractivity contribution < 1.29 is 13.2 Å². The minimum absolute atomic E-state index is 0.00502. The van der Waals surface area contributed by atoms with E-state index in [0.29, 0.717) is 44.3 Å². The molecule has 28 heavy (non-hydrogen) atoms. The number of carbonyl (C=O) groups excluding carboxylic acids is 1. The number of hydrogen-bond acceptors (Lipinski definition) is 4. The fourth-order valence-corrected chi connectivity index (χ4v) is 5.18. The summed E-state index contributed by atoms with van der Waals surface area (Å²) in [5.41, 5.74) is 1.45. The maximum absolute atomic E-state index is 12.7. The van der Waals surface area contributed by atoms with E-state index in [-0.39, 0.29) is 10.8 Å². The van der Waals surface area contributed by atoms with E-state index in [4.69, 9.17) is 11.6 Å². The Morgan fingerprint density at radius 2 is 1.79 bits per heavy atom. The number of benzene rings is 1. The highest BCUT2D eigenvalue weighted by Gasteiger charge is 2.28. The van der Waals surface area contributed by atoms with Crippen molar-refractivity contribution >= 4 is 27.5 Å². The molecule has 1 heterocycles. The summed E-state index contributed by atoms with van der Waals surface area (Å²) < 4.78 is 26.9. The van der Waals surface area contributed by atoms with Crippen molar-refractivity contribution in [3.8, 4) is 0 Å². The second kappa shape index (κ2) is 9.87. The second-order valence-electron chi connectivity index (χ2n) is 7.34. The minimum atomic E-state index is -3.52. The third-order valence-electron chi connectivity index (χ3n) is 5.30. The highest BCUT2D eigenvalue weighted by Crippen LogP contribution is 2.20. The van der Waals surface area contributed by atoms with Crippen molar-refractivity contribution in [1.29, 1.82) is 0 Å². The molecule has 8 heteroatoms. The predicted molar refractivity (Wildman–Crippen MR) is 111 cm³/mol. The summed E-state index contributed by atoms with van der Waals surface area (Å²) in [4.78, 5) is 14.4. The maximum atomic E-state index is 12.7. The van der Waals surface area contributed by atoms with Crippen LogP contribution in [-0.2, 0) is 14.8 Å². The van der Waals surface area contributed by atoms with Gasteiger partial charge in [0.05, 0.1) is 11.4 Å². The molecule has 0 bridgehead atoms. The molecule has 1 amide bonds. The number of allylic oxidation sites excluding steroid dienone is 1. The number of carbonyl (C=O) groups is 1. The van der Waals surface area contributed by atoms with E-state index in [0.717, 1.165) is 19.3 Å². The molecule has 1 fully saturated rings.